The van der Waals surface area contributed by atoms with E-state index in [0.717, 1.165) is 0 Å². The van der Waals surface area contributed by atoms with Crippen molar-refractivity contribution in [2.45, 2.75) is 105 Å². The van der Waals surface area contributed by atoms with Gasteiger partial charge in [0.2, 0.25) is 0 Å². The summed E-state index contributed by atoms with van der Waals surface area (Å²) >= 11 is 0. The van der Waals surface area contributed by atoms with E-state index in [1.54, 1.807) is 0 Å². The summed E-state index contributed by atoms with van der Waals surface area (Å²) in [5.41, 5.74) is 0. The number of hydrogen-bond acceptors (Lipinski definition) is 4. The second kappa shape index (κ2) is 43.7. The summed E-state index contributed by atoms with van der Waals surface area (Å²) in [6.45, 7) is 9.02. The van der Waals surface area contributed by atoms with Gasteiger partial charge in [-0.15, -0.1) is 0 Å². The summed E-state index contributed by atoms with van der Waals surface area (Å²) in [5.74, 6) is 0. The summed E-state index contributed by atoms with van der Waals surface area (Å²) in [4.78, 5) is 17.1. The normalized spacial score (nSPS) is 8.08. The van der Waals surface area contributed by atoms with Crippen LogP contribution in [-0.4, -0.2) is 43.3 Å². The van der Waals surface area contributed by atoms with Crippen molar-refractivity contribution in [3.8, 4) is 0 Å². The van der Waals surface area contributed by atoms with Crippen LogP contribution in [-0.2, 0) is 0 Å². The van der Waals surface area contributed by atoms with Crippen LogP contribution >= 0.6 is 0 Å². The predicted molar refractivity (Wildman–Crippen MR) is 105 cm³/mol. The highest BCUT2D eigenvalue weighted by atomic mass is 17.0. The van der Waals surface area contributed by atoms with E-state index in [9.17, 15) is 0 Å². The van der Waals surface area contributed by atoms with Gasteiger partial charge in [-0.05, 0) is 0 Å². The maximum absolute atomic E-state index is 8.56. The van der Waals surface area contributed by atoms with E-state index in [1.807, 2.05) is 0 Å². The molecule has 0 fully saturated rings. The van der Waals surface area contributed by atoms with Crippen molar-refractivity contribution in [1.82, 2.24) is 0 Å². The monoisotopic (exact) mass is 386 g/mol. The van der Waals surface area contributed by atoms with Gasteiger partial charge in [-0.1, -0.05) is 105 Å². The average molecular weight is 387 g/mol. The molecule has 0 amide bonds. The van der Waals surface area contributed by atoms with Crippen molar-refractivity contribution in [3.63, 3.8) is 0 Å². The minimum absolute atomic E-state index is 1.36. The van der Waals surface area contributed by atoms with Crippen LogP contribution in [0.3, 0.4) is 0 Å². The Bertz CT molecular complexity index is 191. The second-order valence-electron chi connectivity index (χ2n) is 5.39. The first-order chi connectivity index (χ1) is 12.3. The van der Waals surface area contributed by atoms with Crippen molar-refractivity contribution >= 4 is 12.3 Å². The molecule has 0 aromatic carbocycles. The molecule has 0 aliphatic rings. The summed E-state index contributed by atoms with van der Waals surface area (Å²) in [7, 11) is 0. The fraction of sp³-hybridized carbons (Fsp3) is 0.889. The number of unbranched alkanes of at least 4 members (excludes halogenated alkanes) is 10. The zero-order valence-electron chi connectivity index (χ0n) is 17.0. The molecule has 0 radical (unpaired) electrons. The predicted octanol–water partition coefficient (Wildman–Crippen LogP) is 7.20. The van der Waals surface area contributed by atoms with Crippen LogP contribution in [0, 0.1) is 0 Å². The zero-order chi connectivity index (χ0) is 21.6. The molecule has 0 aromatic heterocycles. The van der Waals surface area contributed by atoms with Gasteiger partial charge in [-0.3, -0.25) is 10.5 Å². The molecular weight excluding hydrogens is 344 g/mol. The third-order valence-electron chi connectivity index (χ3n) is 2.91. The number of hydrogen-bond donors (Lipinski definition) is 6. The summed E-state index contributed by atoms with van der Waals surface area (Å²) in [5, 5.41) is 39.9. The van der Waals surface area contributed by atoms with Crippen molar-refractivity contribution in [1.29, 1.82) is 0 Å². The Labute approximate surface area is 158 Å². The van der Waals surface area contributed by atoms with Crippen LogP contribution in [0.1, 0.15) is 105 Å². The fourth-order valence-electron chi connectivity index (χ4n) is 1.71. The number of carbonyl (C=O) groups is 2. The van der Waals surface area contributed by atoms with Gasteiger partial charge in [-0.25, -0.2) is 9.59 Å². The Hall–Kier alpha value is -1.54. The van der Waals surface area contributed by atoms with E-state index < -0.39 is 12.3 Å². The maximum atomic E-state index is 8.56. The molecule has 0 rings (SSSR count). The van der Waals surface area contributed by atoms with Crippen LogP contribution in [0.15, 0.2) is 0 Å². The zero-order valence-corrected chi connectivity index (χ0v) is 17.0. The van der Waals surface area contributed by atoms with E-state index in [1.165, 1.54) is 77.0 Å². The molecule has 0 atom stereocenters. The van der Waals surface area contributed by atoms with Crippen LogP contribution in [0.25, 0.3) is 0 Å². The van der Waals surface area contributed by atoms with Gasteiger partial charge in [-0.2, -0.15) is 0 Å². The average Bonchev–Trinajstić information content (AvgIpc) is 2.57. The fourth-order valence-corrected chi connectivity index (χ4v) is 1.71. The largest absolute Gasteiger partial charge is 0.503 e. The number of carboxylic acid groups (broad SMARTS) is 4. The van der Waals surface area contributed by atoms with Crippen molar-refractivity contribution in [2.75, 3.05) is 0 Å². The van der Waals surface area contributed by atoms with E-state index in [-0.39, 0.29) is 0 Å². The lowest BCUT2D eigenvalue weighted by atomic mass is 10.1. The van der Waals surface area contributed by atoms with E-state index in [0.29, 0.717) is 0 Å². The lowest BCUT2D eigenvalue weighted by molar-refractivity contribution is -0.176. The molecule has 162 valence electrons. The van der Waals surface area contributed by atoms with Gasteiger partial charge in [0.25, 0.3) is 0 Å². The smallest absolute Gasteiger partial charge is 0.450 e. The SMILES string of the molecule is CCCCCCCC.CCCCCCCC.O=C(O)O.O=C(O)O.OO. The quantitative estimate of drug-likeness (QED) is 0.131. The summed E-state index contributed by atoms with van der Waals surface area (Å²) in [6, 6.07) is 0. The molecular formula is C18H42O8. The Morgan fingerprint density at radius 1 is 0.462 bits per heavy atom. The van der Waals surface area contributed by atoms with Gasteiger partial charge in [0.15, 0.2) is 0 Å². The number of rotatable bonds is 10. The van der Waals surface area contributed by atoms with Crippen molar-refractivity contribution in [3.05, 3.63) is 0 Å². The lowest BCUT2D eigenvalue weighted by Gasteiger charge is -1.93. The van der Waals surface area contributed by atoms with Gasteiger partial charge < -0.3 is 20.4 Å². The molecule has 0 saturated carbocycles. The van der Waals surface area contributed by atoms with E-state index in [2.05, 4.69) is 27.7 Å². The molecule has 0 aromatic rings. The van der Waals surface area contributed by atoms with Gasteiger partial charge >= 0.3 is 12.3 Å². The first-order valence-electron chi connectivity index (χ1n) is 9.33. The highest BCUT2D eigenvalue weighted by Gasteiger charge is 1.84. The minimum Gasteiger partial charge on any atom is -0.450 e. The van der Waals surface area contributed by atoms with Crippen molar-refractivity contribution in [2.24, 2.45) is 0 Å². The molecule has 0 unspecified atom stereocenters. The standard InChI is InChI=1S/2C8H18.2CH2O3.H2O2/c2*1-3-5-7-8-6-4-2;2*2-1(3)4;1-2/h2*3-8H2,1-2H3;2*(H2,2,3,4);1-2H. The molecule has 0 aliphatic heterocycles. The van der Waals surface area contributed by atoms with Crippen LogP contribution in [0.2, 0.25) is 0 Å². The molecule has 0 saturated heterocycles. The van der Waals surface area contributed by atoms with Crippen LogP contribution in [0.5, 0.6) is 0 Å². The first-order valence-corrected chi connectivity index (χ1v) is 9.33. The lowest BCUT2D eigenvalue weighted by Crippen LogP contribution is -1.81. The molecule has 0 spiro atoms. The van der Waals surface area contributed by atoms with Crippen LogP contribution in [0.4, 0.5) is 9.59 Å². The van der Waals surface area contributed by atoms with Gasteiger partial charge in [0.05, 0.1) is 0 Å². The van der Waals surface area contributed by atoms with Crippen LogP contribution < -0.4 is 0 Å². The molecule has 0 bridgehead atoms. The first kappa shape index (κ1) is 35.5. The minimum atomic E-state index is -1.83. The molecule has 0 aliphatic carbocycles. The third-order valence-corrected chi connectivity index (χ3v) is 2.91. The van der Waals surface area contributed by atoms with E-state index in [4.69, 9.17) is 40.5 Å². The highest BCUT2D eigenvalue weighted by molar-refractivity contribution is 5.53. The Morgan fingerprint density at radius 3 is 0.654 bits per heavy atom. The van der Waals surface area contributed by atoms with Gasteiger partial charge in [0.1, 0.15) is 0 Å². The molecule has 6 N–H and O–H groups in total. The van der Waals surface area contributed by atoms with Gasteiger partial charge in [0, 0.05) is 0 Å². The van der Waals surface area contributed by atoms with E-state index >= 15 is 0 Å². The molecule has 26 heavy (non-hydrogen) atoms. The Kier molecular flexibility index (Phi) is 59.7. The maximum Gasteiger partial charge on any atom is 0.503 e. The highest BCUT2D eigenvalue weighted by Crippen LogP contribution is 2.04. The Morgan fingerprint density at radius 2 is 0.577 bits per heavy atom. The molecule has 8 nitrogen and oxygen atoms in total. The topological polar surface area (TPSA) is 156 Å². The molecule has 8 heteroatoms. The Balaban J connectivity index is -0.0000000765. The third kappa shape index (κ3) is 145. The molecule has 0 heterocycles. The summed E-state index contributed by atoms with van der Waals surface area (Å²) in [6.07, 6.45) is 13.3. The second-order valence-corrected chi connectivity index (χ2v) is 5.39. The van der Waals surface area contributed by atoms with Crippen molar-refractivity contribution < 1.29 is 40.5 Å². The summed E-state index contributed by atoms with van der Waals surface area (Å²) < 4.78 is 0.